The van der Waals surface area contributed by atoms with Crippen LogP contribution in [0.5, 0.6) is 0 Å². The number of aryl methyl sites for hydroxylation is 1. The number of fused-ring (bicyclic) bond motifs is 1. The summed E-state index contributed by atoms with van der Waals surface area (Å²) in [5.74, 6) is 0.419. The first kappa shape index (κ1) is 21.2. The van der Waals surface area contributed by atoms with Crippen molar-refractivity contribution < 1.29 is 9.18 Å². The molecule has 8 heteroatoms. The fourth-order valence-electron chi connectivity index (χ4n) is 4.67. The maximum absolute atomic E-state index is 13.5. The Bertz CT molecular complexity index is 1310. The van der Waals surface area contributed by atoms with Crippen molar-refractivity contribution in [2.75, 3.05) is 13.1 Å². The second kappa shape index (κ2) is 8.69. The van der Waals surface area contributed by atoms with Crippen LogP contribution in [0.2, 0.25) is 0 Å². The minimum Gasteiger partial charge on any atom is -0.343 e. The predicted octanol–water partition coefficient (Wildman–Crippen LogP) is 3.69. The van der Waals surface area contributed by atoms with Gasteiger partial charge >= 0.3 is 0 Å². The average molecular weight is 448 g/mol. The first-order valence-corrected chi connectivity index (χ1v) is 11.3. The topological polar surface area (TPSA) is 86.8 Å². The molecule has 4 aromatic rings. The number of para-hydroxylation sites is 2. The molecule has 0 radical (unpaired) electrons. The number of carbonyl (C=O) groups is 1. The number of likely N-dealkylation sites (tertiary alicyclic amines) is 1. The van der Waals surface area contributed by atoms with Gasteiger partial charge in [0.25, 0.3) is 5.56 Å². The summed E-state index contributed by atoms with van der Waals surface area (Å²) in [5.41, 5.74) is 4.13. The molecule has 0 aliphatic carbocycles. The summed E-state index contributed by atoms with van der Waals surface area (Å²) in [6.07, 6.45) is 2.76. The summed E-state index contributed by atoms with van der Waals surface area (Å²) in [7, 11) is 0. The van der Waals surface area contributed by atoms with Crippen LogP contribution in [0, 0.1) is 5.82 Å². The Balaban J connectivity index is 1.50. The number of piperidine rings is 1. The molecule has 1 fully saturated rings. The number of hydrogen-bond donors (Lipinski definition) is 2. The van der Waals surface area contributed by atoms with Gasteiger partial charge in [-0.05, 0) is 55.5 Å². The summed E-state index contributed by atoms with van der Waals surface area (Å²) >= 11 is 0. The van der Waals surface area contributed by atoms with Crippen LogP contribution in [0.15, 0.2) is 53.3 Å². The summed E-state index contributed by atoms with van der Waals surface area (Å²) in [6, 6.07) is 14.0. The van der Waals surface area contributed by atoms with Crippen LogP contribution in [0.25, 0.3) is 17.0 Å². The van der Waals surface area contributed by atoms with E-state index in [0.29, 0.717) is 31.9 Å². The van der Waals surface area contributed by atoms with E-state index in [4.69, 9.17) is 0 Å². The lowest BCUT2D eigenvalue weighted by atomic mass is 9.90. The molecule has 2 aromatic heterocycles. The van der Waals surface area contributed by atoms with Crippen molar-refractivity contribution in [3.05, 3.63) is 81.5 Å². The molecule has 170 valence electrons. The Labute approximate surface area is 190 Å². The van der Waals surface area contributed by atoms with Crippen LogP contribution >= 0.6 is 0 Å². The van der Waals surface area contributed by atoms with Gasteiger partial charge in [-0.1, -0.05) is 24.3 Å². The van der Waals surface area contributed by atoms with E-state index in [9.17, 15) is 14.0 Å². The Hall–Kier alpha value is -3.68. The molecule has 0 unspecified atom stereocenters. The molecule has 1 aliphatic rings. The standard InChI is InChI=1S/C25H26FN5O2/c1-16(32)30-14-12-18(13-15-30)23-20(11-8-17-6-9-19(26)10-7-17)24(33)31(29-23)25-27-21-4-2-3-5-22(21)28-25/h2-7,9-10,18,29H,8,11-15H2,1H3,(H,27,28). The molecule has 2 aromatic carbocycles. The van der Waals surface area contributed by atoms with Crippen LogP contribution < -0.4 is 5.56 Å². The number of rotatable bonds is 5. The third kappa shape index (κ3) is 4.20. The second-order valence-electron chi connectivity index (χ2n) is 8.63. The van der Waals surface area contributed by atoms with E-state index in [1.54, 1.807) is 19.1 Å². The molecule has 0 bridgehead atoms. The summed E-state index contributed by atoms with van der Waals surface area (Å²) in [4.78, 5) is 34.9. The van der Waals surface area contributed by atoms with E-state index in [1.165, 1.54) is 16.8 Å². The van der Waals surface area contributed by atoms with Gasteiger partial charge in [0.2, 0.25) is 11.9 Å². The third-order valence-corrected chi connectivity index (χ3v) is 6.53. The molecule has 5 rings (SSSR count). The van der Waals surface area contributed by atoms with Crippen molar-refractivity contribution in [1.82, 2.24) is 24.6 Å². The molecule has 1 amide bonds. The lowest BCUT2D eigenvalue weighted by Crippen LogP contribution is -2.36. The monoisotopic (exact) mass is 447 g/mol. The van der Waals surface area contributed by atoms with Crippen LogP contribution in [0.3, 0.4) is 0 Å². The number of nitrogens with zero attached hydrogens (tertiary/aromatic N) is 3. The first-order valence-electron chi connectivity index (χ1n) is 11.3. The van der Waals surface area contributed by atoms with Crippen molar-refractivity contribution in [1.29, 1.82) is 0 Å². The number of amides is 1. The summed E-state index contributed by atoms with van der Waals surface area (Å²) in [6.45, 7) is 2.94. The molecular weight excluding hydrogens is 421 g/mol. The quantitative estimate of drug-likeness (QED) is 0.489. The van der Waals surface area contributed by atoms with Crippen molar-refractivity contribution in [3.8, 4) is 5.95 Å². The van der Waals surface area contributed by atoms with Gasteiger partial charge in [0.15, 0.2) is 0 Å². The number of nitrogens with one attached hydrogen (secondary N) is 2. The fraction of sp³-hybridized carbons (Fsp3) is 0.320. The maximum Gasteiger partial charge on any atom is 0.277 e. The molecular formula is C25H26FN5O2. The van der Waals surface area contributed by atoms with E-state index in [2.05, 4.69) is 15.1 Å². The SMILES string of the molecule is CC(=O)N1CCC(c2[nH]n(-c3nc4ccccc4[nH]3)c(=O)c2CCc2ccc(F)cc2)CC1. The van der Waals surface area contributed by atoms with Crippen molar-refractivity contribution in [2.45, 2.75) is 38.5 Å². The highest BCUT2D eigenvalue weighted by atomic mass is 19.1. The van der Waals surface area contributed by atoms with Gasteiger partial charge in [0.05, 0.1) is 11.0 Å². The molecule has 1 saturated heterocycles. The molecule has 33 heavy (non-hydrogen) atoms. The average Bonchev–Trinajstić information content (AvgIpc) is 3.39. The minimum atomic E-state index is -0.273. The number of halogens is 1. The molecule has 0 atom stereocenters. The van der Waals surface area contributed by atoms with E-state index in [-0.39, 0.29) is 23.2 Å². The van der Waals surface area contributed by atoms with Gasteiger partial charge in [-0.2, -0.15) is 4.68 Å². The molecule has 2 N–H and O–H groups in total. The van der Waals surface area contributed by atoms with Crippen LogP contribution in [0.1, 0.15) is 42.5 Å². The molecule has 7 nitrogen and oxygen atoms in total. The number of carbonyl (C=O) groups excluding carboxylic acids is 1. The molecule has 0 spiro atoms. The maximum atomic E-state index is 13.5. The summed E-state index contributed by atoms with van der Waals surface area (Å²) < 4.78 is 14.8. The van der Waals surface area contributed by atoms with Crippen molar-refractivity contribution in [3.63, 3.8) is 0 Å². The first-order chi connectivity index (χ1) is 16.0. The molecule has 0 saturated carbocycles. The molecule has 1 aliphatic heterocycles. The van der Waals surface area contributed by atoms with Gasteiger partial charge < -0.3 is 9.88 Å². The Kier molecular flexibility index (Phi) is 5.58. The Morgan fingerprint density at radius 1 is 1.09 bits per heavy atom. The zero-order chi connectivity index (χ0) is 22.9. The second-order valence-corrected chi connectivity index (χ2v) is 8.63. The highest BCUT2D eigenvalue weighted by Crippen LogP contribution is 2.29. The highest BCUT2D eigenvalue weighted by Gasteiger charge is 2.28. The number of H-pyrrole nitrogens is 2. The number of imidazole rings is 1. The number of benzene rings is 2. The van der Waals surface area contributed by atoms with Gasteiger partial charge in [-0.3, -0.25) is 14.7 Å². The van der Waals surface area contributed by atoms with Gasteiger partial charge in [-0.25, -0.2) is 9.37 Å². The van der Waals surface area contributed by atoms with Crippen molar-refractivity contribution >= 4 is 16.9 Å². The van der Waals surface area contributed by atoms with Gasteiger partial charge in [-0.15, -0.1) is 0 Å². The fourth-order valence-corrected chi connectivity index (χ4v) is 4.67. The van der Waals surface area contributed by atoms with E-state index in [1.807, 2.05) is 29.2 Å². The van der Waals surface area contributed by atoms with Crippen LogP contribution in [-0.4, -0.2) is 43.6 Å². The normalized spacial score (nSPS) is 14.8. The smallest absolute Gasteiger partial charge is 0.277 e. The predicted molar refractivity (Wildman–Crippen MR) is 124 cm³/mol. The highest BCUT2D eigenvalue weighted by molar-refractivity contribution is 5.76. The van der Waals surface area contributed by atoms with Gasteiger partial charge in [0.1, 0.15) is 5.82 Å². The summed E-state index contributed by atoms with van der Waals surface area (Å²) in [5, 5.41) is 3.33. The zero-order valence-electron chi connectivity index (χ0n) is 18.5. The zero-order valence-corrected chi connectivity index (χ0v) is 18.5. The number of aromatic amines is 2. The Morgan fingerprint density at radius 3 is 2.52 bits per heavy atom. The van der Waals surface area contributed by atoms with Crippen molar-refractivity contribution in [2.24, 2.45) is 0 Å². The largest absolute Gasteiger partial charge is 0.343 e. The van der Waals surface area contributed by atoms with Gasteiger partial charge in [0, 0.05) is 37.2 Å². The number of hydrogen-bond acceptors (Lipinski definition) is 3. The van der Waals surface area contributed by atoms with E-state index >= 15 is 0 Å². The number of aromatic nitrogens is 4. The lowest BCUT2D eigenvalue weighted by molar-refractivity contribution is -0.129. The molecule has 3 heterocycles. The lowest BCUT2D eigenvalue weighted by Gasteiger charge is -2.31. The Morgan fingerprint density at radius 2 is 1.82 bits per heavy atom. The minimum absolute atomic E-state index is 0.0818. The van der Waals surface area contributed by atoms with E-state index in [0.717, 1.165) is 40.7 Å². The van der Waals surface area contributed by atoms with Crippen LogP contribution in [-0.2, 0) is 17.6 Å². The van der Waals surface area contributed by atoms with Crippen LogP contribution in [0.4, 0.5) is 4.39 Å². The van der Waals surface area contributed by atoms with E-state index < -0.39 is 0 Å². The third-order valence-electron chi connectivity index (χ3n) is 6.53.